The molecule has 1 heterocycles. The summed E-state index contributed by atoms with van der Waals surface area (Å²) in [6, 6.07) is 15.2. The summed E-state index contributed by atoms with van der Waals surface area (Å²) in [5.41, 5.74) is 8.27. The van der Waals surface area contributed by atoms with Crippen LogP contribution in [0.25, 0.3) is 0 Å². The molecule has 5 nitrogen and oxygen atoms in total. The highest BCUT2D eigenvalue weighted by molar-refractivity contribution is 6.00. The molecule has 1 atom stereocenters. The molecule has 0 bridgehead atoms. The second-order valence-electron chi connectivity index (χ2n) is 5.70. The molecule has 3 rings (SSSR count). The van der Waals surface area contributed by atoms with E-state index < -0.39 is 0 Å². The van der Waals surface area contributed by atoms with E-state index >= 15 is 0 Å². The number of nitrogens with one attached hydrogen (secondary N) is 1. The maximum Gasteiger partial charge on any atom is 0.256 e. The third kappa shape index (κ3) is 3.46. The minimum absolute atomic E-state index is 0.0227. The predicted molar refractivity (Wildman–Crippen MR) is 91.2 cm³/mol. The largest absolute Gasteiger partial charge is 0.497 e. The number of rotatable bonds is 4. The Morgan fingerprint density at radius 3 is 2.61 bits per heavy atom. The zero-order valence-corrected chi connectivity index (χ0v) is 13.2. The second kappa shape index (κ2) is 6.71. The van der Waals surface area contributed by atoms with Gasteiger partial charge in [0.25, 0.3) is 5.91 Å². The molecule has 0 saturated carbocycles. The number of hydrogen-bond donors (Lipinski definition) is 2. The third-order valence-electron chi connectivity index (χ3n) is 4.04. The number of para-hydroxylation sites is 1. The number of likely N-dealkylation sites (tertiary alicyclic amines) is 1. The normalized spacial score (nSPS) is 17.1. The van der Waals surface area contributed by atoms with Gasteiger partial charge in [0.05, 0.1) is 18.4 Å². The number of methoxy groups -OCH3 is 1. The molecule has 0 aliphatic carbocycles. The van der Waals surface area contributed by atoms with Crippen LogP contribution in [0.5, 0.6) is 5.75 Å². The Balaban J connectivity index is 1.81. The third-order valence-corrected chi connectivity index (χ3v) is 4.04. The number of hydrogen-bond acceptors (Lipinski definition) is 4. The summed E-state index contributed by atoms with van der Waals surface area (Å²) in [5, 5.41) is 3.31. The Morgan fingerprint density at radius 2 is 1.96 bits per heavy atom. The number of benzene rings is 2. The number of amides is 1. The Bertz CT molecular complexity index is 685. The van der Waals surface area contributed by atoms with Crippen molar-refractivity contribution in [2.45, 2.75) is 12.5 Å². The minimum Gasteiger partial charge on any atom is -0.497 e. The number of carbonyl (C=O) groups is 1. The molecule has 1 amide bonds. The molecule has 2 aromatic rings. The fraction of sp³-hybridized carbons (Fsp3) is 0.278. The van der Waals surface area contributed by atoms with E-state index in [2.05, 4.69) is 5.32 Å². The summed E-state index contributed by atoms with van der Waals surface area (Å²) < 4.78 is 5.16. The SMILES string of the molecule is COc1ccc(Nc2ccccc2C(=O)N2CC[C@@H](N)C2)cc1. The van der Waals surface area contributed by atoms with Crippen LogP contribution in [0.1, 0.15) is 16.8 Å². The lowest BCUT2D eigenvalue weighted by Crippen LogP contribution is -2.32. The van der Waals surface area contributed by atoms with Crippen LogP contribution >= 0.6 is 0 Å². The van der Waals surface area contributed by atoms with Crippen LogP contribution in [-0.2, 0) is 0 Å². The van der Waals surface area contributed by atoms with E-state index in [1.165, 1.54) is 0 Å². The van der Waals surface area contributed by atoms with Gasteiger partial charge in [-0.25, -0.2) is 0 Å². The average Bonchev–Trinajstić information content (AvgIpc) is 3.02. The monoisotopic (exact) mass is 311 g/mol. The molecule has 0 spiro atoms. The van der Waals surface area contributed by atoms with E-state index in [4.69, 9.17) is 10.5 Å². The Kier molecular flexibility index (Phi) is 4.48. The molecule has 0 aromatic heterocycles. The molecular weight excluding hydrogens is 290 g/mol. The quantitative estimate of drug-likeness (QED) is 0.911. The van der Waals surface area contributed by atoms with Gasteiger partial charge in [0.15, 0.2) is 0 Å². The molecule has 3 N–H and O–H groups in total. The molecule has 1 aliphatic rings. The van der Waals surface area contributed by atoms with Crippen LogP contribution in [0.3, 0.4) is 0 Å². The van der Waals surface area contributed by atoms with Crippen molar-refractivity contribution in [3.63, 3.8) is 0 Å². The number of carbonyl (C=O) groups excluding carboxylic acids is 1. The van der Waals surface area contributed by atoms with Gasteiger partial charge in [-0.3, -0.25) is 4.79 Å². The summed E-state index contributed by atoms with van der Waals surface area (Å²) in [4.78, 5) is 14.5. The van der Waals surface area contributed by atoms with E-state index in [0.717, 1.165) is 30.1 Å². The predicted octanol–water partition coefficient (Wildman–Crippen LogP) is 2.61. The number of nitrogens with zero attached hydrogens (tertiary/aromatic N) is 1. The van der Waals surface area contributed by atoms with Crippen molar-refractivity contribution in [1.82, 2.24) is 4.90 Å². The second-order valence-corrected chi connectivity index (χ2v) is 5.70. The zero-order valence-electron chi connectivity index (χ0n) is 13.2. The van der Waals surface area contributed by atoms with Crippen molar-refractivity contribution in [3.8, 4) is 5.75 Å². The minimum atomic E-state index is 0.0227. The molecular formula is C18H21N3O2. The molecule has 1 fully saturated rings. The van der Waals surface area contributed by atoms with Gasteiger partial charge in [-0.1, -0.05) is 12.1 Å². The molecule has 0 radical (unpaired) electrons. The van der Waals surface area contributed by atoms with Crippen molar-refractivity contribution in [3.05, 3.63) is 54.1 Å². The number of nitrogens with two attached hydrogens (primary N) is 1. The van der Waals surface area contributed by atoms with E-state index in [0.29, 0.717) is 12.1 Å². The Morgan fingerprint density at radius 1 is 1.22 bits per heavy atom. The standard InChI is InChI=1S/C18H21N3O2/c1-23-15-8-6-14(7-9-15)20-17-5-3-2-4-16(17)18(22)21-11-10-13(19)12-21/h2-9,13,20H,10-12,19H2,1H3/t13-/m1/s1. The smallest absolute Gasteiger partial charge is 0.256 e. The molecule has 5 heteroatoms. The van der Waals surface area contributed by atoms with E-state index in [1.807, 2.05) is 53.4 Å². The van der Waals surface area contributed by atoms with E-state index in [-0.39, 0.29) is 11.9 Å². The maximum atomic E-state index is 12.7. The van der Waals surface area contributed by atoms with Gasteiger partial charge < -0.3 is 20.7 Å². The molecule has 1 saturated heterocycles. The first kappa shape index (κ1) is 15.4. The summed E-state index contributed by atoms with van der Waals surface area (Å²) in [5.74, 6) is 0.820. The first-order valence-electron chi connectivity index (χ1n) is 7.72. The van der Waals surface area contributed by atoms with Gasteiger partial charge in [0.2, 0.25) is 0 Å². The van der Waals surface area contributed by atoms with Crippen LogP contribution in [0, 0.1) is 0 Å². The van der Waals surface area contributed by atoms with Gasteiger partial charge in [0, 0.05) is 24.8 Å². The van der Waals surface area contributed by atoms with Crippen molar-refractivity contribution in [2.24, 2.45) is 5.73 Å². The van der Waals surface area contributed by atoms with Gasteiger partial charge in [-0.15, -0.1) is 0 Å². The lowest BCUT2D eigenvalue weighted by Gasteiger charge is -2.18. The average molecular weight is 311 g/mol. The van der Waals surface area contributed by atoms with Crippen LogP contribution in [-0.4, -0.2) is 37.0 Å². The highest BCUT2D eigenvalue weighted by atomic mass is 16.5. The van der Waals surface area contributed by atoms with Gasteiger partial charge in [-0.05, 0) is 42.8 Å². The van der Waals surface area contributed by atoms with Crippen molar-refractivity contribution in [1.29, 1.82) is 0 Å². The van der Waals surface area contributed by atoms with Crippen LogP contribution in [0.2, 0.25) is 0 Å². The Hall–Kier alpha value is -2.53. The summed E-state index contributed by atoms with van der Waals surface area (Å²) >= 11 is 0. The van der Waals surface area contributed by atoms with Crippen molar-refractivity contribution in [2.75, 3.05) is 25.5 Å². The first-order valence-corrected chi connectivity index (χ1v) is 7.72. The van der Waals surface area contributed by atoms with Crippen LogP contribution < -0.4 is 15.8 Å². The first-order chi connectivity index (χ1) is 11.2. The van der Waals surface area contributed by atoms with E-state index in [9.17, 15) is 4.79 Å². The highest BCUT2D eigenvalue weighted by Gasteiger charge is 2.25. The van der Waals surface area contributed by atoms with Crippen LogP contribution in [0.15, 0.2) is 48.5 Å². The summed E-state index contributed by atoms with van der Waals surface area (Å²) in [7, 11) is 1.64. The highest BCUT2D eigenvalue weighted by Crippen LogP contribution is 2.24. The molecule has 23 heavy (non-hydrogen) atoms. The molecule has 1 aliphatic heterocycles. The number of anilines is 2. The molecule has 2 aromatic carbocycles. The van der Waals surface area contributed by atoms with Crippen molar-refractivity contribution < 1.29 is 9.53 Å². The van der Waals surface area contributed by atoms with Gasteiger partial charge in [0.1, 0.15) is 5.75 Å². The maximum absolute atomic E-state index is 12.7. The lowest BCUT2D eigenvalue weighted by molar-refractivity contribution is 0.0792. The summed E-state index contributed by atoms with van der Waals surface area (Å²) in [6.07, 6.45) is 0.861. The lowest BCUT2D eigenvalue weighted by atomic mass is 10.1. The summed E-state index contributed by atoms with van der Waals surface area (Å²) in [6.45, 7) is 1.34. The van der Waals surface area contributed by atoms with E-state index in [1.54, 1.807) is 7.11 Å². The number of ether oxygens (including phenoxy) is 1. The van der Waals surface area contributed by atoms with Crippen molar-refractivity contribution >= 4 is 17.3 Å². The fourth-order valence-electron chi connectivity index (χ4n) is 2.75. The Labute approximate surface area is 136 Å². The topological polar surface area (TPSA) is 67.6 Å². The van der Waals surface area contributed by atoms with Gasteiger partial charge in [-0.2, -0.15) is 0 Å². The zero-order chi connectivity index (χ0) is 16.2. The van der Waals surface area contributed by atoms with Crippen LogP contribution in [0.4, 0.5) is 11.4 Å². The molecule has 120 valence electrons. The van der Waals surface area contributed by atoms with Gasteiger partial charge >= 0.3 is 0 Å². The fourth-order valence-corrected chi connectivity index (χ4v) is 2.75. The molecule has 0 unspecified atom stereocenters.